The zero-order valence-corrected chi connectivity index (χ0v) is 18.5. The number of alkyl halides is 1. The Bertz CT molecular complexity index is 1220. The zero-order valence-electron chi connectivity index (χ0n) is 18.5. The lowest BCUT2D eigenvalue weighted by Gasteiger charge is -2.46. The van der Waals surface area contributed by atoms with E-state index in [0.29, 0.717) is 28.7 Å². The molecule has 2 N–H and O–H groups in total. The second kappa shape index (κ2) is 8.51. The van der Waals surface area contributed by atoms with E-state index >= 15 is 4.39 Å². The number of piperidine rings is 2. The minimum absolute atomic E-state index is 0.0258. The molecular formula is C23H26FN7O2. The van der Waals surface area contributed by atoms with E-state index in [1.54, 1.807) is 31.3 Å². The fourth-order valence-electron chi connectivity index (χ4n) is 4.79. The molecule has 10 heteroatoms. The maximum Gasteiger partial charge on any atom is 0.350 e. The number of rotatable bonds is 4. The average Bonchev–Trinajstić information content (AvgIpc) is 2.83. The van der Waals surface area contributed by atoms with E-state index in [4.69, 9.17) is 0 Å². The fourth-order valence-corrected chi connectivity index (χ4v) is 4.79. The van der Waals surface area contributed by atoms with Crippen LogP contribution in [0.4, 0.5) is 10.2 Å². The largest absolute Gasteiger partial charge is 0.507 e. The van der Waals surface area contributed by atoms with E-state index in [2.05, 4.69) is 25.5 Å². The van der Waals surface area contributed by atoms with Gasteiger partial charge in [-0.1, -0.05) is 12.5 Å². The molecule has 5 rings (SSSR count). The standard InChI is InChI=1S/C23H26FN7O2/c1-30-12-25-22(27-23(30)33)13-6-7-15(19(32)10-13)16-8-9-20(29-28-16)31(2)18-11-14-4-3-5-17(26-14)21(18)24/h6-10,12,14,17-18,21,26,32H,3-5,11H2,1-2H3/t14?,17?,18-,21+/m1/s1. The monoisotopic (exact) mass is 451 g/mol. The number of benzene rings is 1. The predicted molar refractivity (Wildman–Crippen MR) is 122 cm³/mol. The molecule has 0 aliphatic carbocycles. The summed E-state index contributed by atoms with van der Waals surface area (Å²) in [4.78, 5) is 21.7. The van der Waals surface area contributed by atoms with Crippen LogP contribution < -0.4 is 15.9 Å². The third kappa shape index (κ3) is 4.06. The molecule has 2 bridgehead atoms. The van der Waals surface area contributed by atoms with Gasteiger partial charge in [0.05, 0.1) is 11.7 Å². The van der Waals surface area contributed by atoms with Gasteiger partial charge in [0.25, 0.3) is 0 Å². The number of hydrogen-bond donors (Lipinski definition) is 2. The summed E-state index contributed by atoms with van der Waals surface area (Å²) in [6, 6.07) is 8.46. The molecule has 2 fully saturated rings. The summed E-state index contributed by atoms with van der Waals surface area (Å²) < 4.78 is 16.3. The van der Waals surface area contributed by atoms with Crippen molar-refractivity contribution in [2.75, 3.05) is 11.9 Å². The molecule has 172 valence electrons. The molecule has 3 aromatic rings. The summed E-state index contributed by atoms with van der Waals surface area (Å²) in [7, 11) is 3.43. The first-order valence-electron chi connectivity index (χ1n) is 11.1. The van der Waals surface area contributed by atoms with Crippen molar-refractivity contribution in [3.63, 3.8) is 0 Å². The molecule has 9 nitrogen and oxygen atoms in total. The van der Waals surface area contributed by atoms with Crippen molar-refractivity contribution in [1.82, 2.24) is 30.0 Å². The molecule has 2 aliphatic heterocycles. The van der Waals surface area contributed by atoms with Crippen LogP contribution >= 0.6 is 0 Å². The number of nitrogens with zero attached hydrogens (tertiary/aromatic N) is 6. The van der Waals surface area contributed by atoms with E-state index in [0.717, 1.165) is 25.7 Å². The number of aryl methyl sites for hydroxylation is 1. The lowest BCUT2D eigenvalue weighted by molar-refractivity contribution is 0.107. The van der Waals surface area contributed by atoms with E-state index in [1.807, 2.05) is 11.9 Å². The van der Waals surface area contributed by atoms with Crippen molar-refractivity contribution in [3.05, 3.63) is 47.1 Å². The Morgan fingerprint density at radius 1 is 1.21 bits per heavy atom. The van der Waals surface area contributed by atoms with Crippen molar-refractivity contribution in [2.24, 2.45) is 7.05 Å². The third-order valence-corrected chi connectivity index (χ3v) is 6.69. The minimum Gasteiger partial charge on any atom is -0.507 e. The molecule has 1 aromatic carbocycles. The van der Waals surface area contributed by atoms with Gasteiger partial charge < -0.3 is 15.3 Å². The van der Waals surface area contributed by atoms with Gasteiger partial charge in [0, 0.05) is 37.3 Å². The topological polar surface area (TPSA) is 109 Å². The number of phenols is 1. The summed E-state index contributed by atoms with van der Waals surface area (Å²) in [6.45, 7) is 0. The highest BCUT2D eigenvalue weighted by Gasteiger charge is 2.41. The van der Waals surface area contributed by atoms with E-state index in [9.17, 15) is 9.90 Å². The maximum atomic E-state index is 15.1. The lowest BCUT2D eigenvalue weighted by atomic mass is 9.82. The summed E-state index contributed by atoms with van der Waals surface area (Å²) in [5.41, 5.74) is 1.06. The van der Waals surface area contributed by atoms with Crippen molar-refractivity contribution in [1.29, 1.82) is 0 Å². The van der Waals surface area contributed by atoms with E-state index in [-0.39, 0.29) is 23.7 Å². The molecule has 2 unspecified atom stereocenters. The molecule has 4 heterocycles. The van der Waals surface area contributed by atoms with Gasteiger partial charge in [0.15, 0.2) is 11.6 Å². The minimum atomic E-state index is -0.957. The Hall–Kier alpha value is -3.40. The molecule has 2 aliphatic rings. The van der Waals surface area contributed by atoms with Crippen LogP contribution in [-0.4, -0.2) is 61.2 Å². The van der Waals surface area contributed by atoms with Crippen LogP contribution in [0.5, 0.6) is 5.75 Å². The molecule has 33 heavy (non-hydrogen) atoms. The highest BCUT2D eigenvalue weighted by molar-refractivity contribution is 5.72. The Kier molecular flexibility index (Phi) is 5.53. The molecule has 0 saturated carbocycles. The Morgan fingerprint density at radius 3 is 2.79 bits per heavy atom. The molecular weight excluding hydrogens is 425 g/mol. The third-order valence-electron chi connectivity index (χ3n) is 6.69. The first-order valence-corrected chi connectivity index (χ1v) is 11.1. The number of aromatic nitrogens is 5. The number of phenolic OH excluding ortho intramolecular Hbond substituents is 1. The van der Waals surface area contributed by atoms with Crippen LogP contribution in [0.25, 0.3) is 22.6 Å². The van der Waals surface area contributed by atoms with Gasteiger partial charge in [0.2, 0.25) is 0 Å². The smallest absolute Gasteiger partial charge is 0.350 e. The molecule has 2 saturated heterocycles. The molecule has 0 spiro atoms. The number of nitrogens with one attached hydrogen (secondary N) is 1. The second-order valence-corrected chi connectivity index (χ2v) is 8.84. The van der Waals surface area contributed by atoms with Crippen LogP contribution in [0.3, 0.4) is 0 Å². The summed E-state index contributed by atoms with van der Waals surface area (Å²) in [6.07, 6.45) is 4.18. The Balaban J connectivity index is 1.36. The van der Waals surface area contributed by atoms with Crippen LogP contribution in [0.15, 0.2) is 41.5 Å². The average molecular weight is 452 g/mol. The quantitative estimate of drug-likeness (QED) is 0.621. The number of aromatic hydroxyl groups is 1. The molecule has 0 amide bonds. The van der Waals surface area contributed by atoms with Gasteiger partial charge in [-0.25, -0.2) is 14.2 Å². The SMILES string of the molecule is CN(c1ccc(-c2ccc(-c3ncn(C)c(=O)n3)cc2O)nn1)[C@@H]1CC2CCCC(N2)[C@@H]1F. The maximum absolute atomic E-state index is 15.1. The molecule has 4 atom stereocenters. The zero-order chi connectivity index (χ0) is 23.1. The highest BCUT2D eigenvalue weighted by atomic mass is 19.1. The normalized spacial score (nSPS) is 24.5. The summed E-state index contributed by atoms with van der Waals surface area (Å²) in [5.74, 6) is 0.800. The van der Waals surface area contributed by atoms with Crippen LogP contribution in [-0.2, 0) is 7.05 Å². The number of anilines is 1. The fraction of sp³-hybridized carbons (Fsp3) is 0.435. The molecule has 0 radical (unpaired) electrons. The Labute approximate surface area is 190 Å². The van der Waals surface area contributed by atoms with Crippen LogP contribution in [0, 0.1) is 0 Å². The highest BCUT2D eigenvalue weighted by Crippen LogP contribution is 2.34. The van der Waals surface area contributed by atoms with Crippen molar-refractivity contribution in [3.8, 4) is 28.4 Å². The number of fused-ring (bicyclic) bond motifs is 2. The second-order valence-electron chi connectivity index (χ2n) is 8.84. The van der Waals surface area contributed by atoms with E-state index in [1.165, 1.54) is 17.0 Å². The van der Waals surface area contributed by atoms with Gasteiger partial charge in [-0.2, -0.15) is 4.98 Å². The van der Waals surface area contributed by atoms with E-state index < -0.39 is 11.9 Å². The van der Waals surface area contributed by atoms with Crippen molar-refractivity contribution >= 4 is 5.82 Å². The Morgan fingerprint density at radius 2 is 2.06 bits per heavy atom. The number of halogens is 1. The summed E-state index contributed by atoms with van der Waals surface area (Å²) in [5, 5.41) is 22.6. The lowest BCUT2D eigenvalue weighted by Crippen LogP contribution is -2.61. The van der Waals surface area contributed by atoms with Crippen molar-refractivity contribution in [2.45, 2.75) is 50.0 Å². The van der Waals surface area contributed by atoms with Crippen LogP contribution in [0.1, 0.15) is 25.7 Å². The number of hydrogen-bond acceptors (Lipinski definition) is 8. The van der Waals surface area contributed by atoms with Crippen molar-refractivity contribution < 1.29 is 9.50 Å². The van der Waals surface area contributed by atoms with Gasteiger partial charge in [-0.05, 0) is 43.5 Å². The van der Waals surface area contributed by atoms with Crippen LogP contribution in [0.2, 0.25) is 0 Å². The predicted octanol–water partition coefficient (Wildman–Crippen LogP) is 2.06. The van der Waals surface area contributed by atoms with Gasteiger partial charge in [-0.3, -0.25) is 4.57 Å². The molecule has 2 aromatic heterocycles. The van der Waals surface area contributed by atoms with Gasteiger partial charge >= 0.3 is 5.69 Å². The first-order chi connectivity index (χ1) is 15.9. The summed E-state index contributed by atoms with van der Waals surface area (Å²) >= 11 is 0. The first kappa shape index (κ1) is 21.4. The van der Waals surface area contributed by atoms with Gasteiger partial charge in [-0.15, -0.1) is 10.2 Å². The van der Waals surface area contributed by atoms with Gasteiger partial charge in [0.1, 0.15) is 18.2 Å².